The lowest BCUT2D eigenvalue weighted by Gasteiger charge is -2.11. The van der Waals surface area contributed by atoms with Gasteiger partial charge in [0.25, 0.3) is 0 Å². The Bertz CT molecular complexity index is 251. The van der Waals surface area contributed by atoms with Crippen LogP contribution in [-0.4, -0.2) is 48.0 Å². The minimum atomic E-state index is -1.01. The maximum Gasteiger partial charge on any atom is 0.333 e. The van der Waals surface area contributed by atoms with E-state index in [-0.39, 0.29) is 25.3 Å². The Labute approximate surface area is 87.5 Å². The summed E-state index contributed by atoms with van der Waals surface area (Å²) in [4.78, 5) is 21.0. The molecule has 0 aliphatic rings. The molecule has 0 aromatic rings. The number of aliphatic hydroxyl groups excluding tert-OH is 1. The van der Waals surface area contributed by atoms with E-state index in [1.54, 1.807) is 0 Å². The van der Waals surface area contributed by atoms with E-state index < -0.39 is 18.0 Å². The first-order valence-electron chi connectivity index (χ1n) is 4.36. The number of rotatable bonds is 7. The summed E-state index contributed by atoms with van der Waals surface area (Å²) < 4.78 is 4.65. The van der Waals surface area contributed by atoms with Gasteiger partial charge in [0.1, 0.15) is 12.7 Å². The monoisotopic (exact) mass is 217 g/mol. The minimum absolute atomic E-state index is 0.0514. The van der Waals surface area contributed by atoms with Gasteiger partial charge in [0.2, 0.25) is 0 Å². The molecule has 0 aliphatic heterocycles. The Kier molecular flexibility index (Phi) is 6.32. The number of carboxylic acid groups (broad SMARTS) is 1. The van der Waals surface area contributed by atoms with Gasteiger partial charge in [-0.2, -0.15) is 0 Å². The van der Waals surface area contributed by atoms with Gasteiger partial charge in [-0.25, -0.2) is 4.79 Å². The third kappa shape index (κ3) is 7.65. The molecule has 0 amide bonds. The fourth-order valence-electron chi connectivity index (χ4n) is 0.700. The van der Waals surface area contributed by atoms with Crippen molar-refractivity contribution in [3.8, 4) is 0 Å². The Morgan fingerprint density at radius 2 is 2.13 bits per heavy atom. The zero-order valence-corrected chi connectivity index (χ0v) is 8.52. The van der Waals surface area contributed by atoms with Crippen LogP contribution in [0.25, 0.3) is 0 Å². The Morgan fingerprint density at radius 1 is 1.53 bits per heavy atom. The lowest BCUT2D eigenvalue weighted by atomic mass is 10.3. The van der Waals surface area contributed by atoms with E-state index in [0.717, 1.165) is 0 Å². The molecule has 0 aliphatic carbocycles. The van der Waals surface area contributed by atoms with Crippen LogP contribution in [0.15, 0.2) is 12.2 Å². The van der Waals surface area contributed by atoms with Gasteiger partial charge in [-0.3, -0.25) is 4.79 Å². The van der Waals surface area contributed by atoms with Crippen molar-refractivity contribution in [2.75, 3.05) is 19.7 Å². The highest BCUT2D eigenvalue weighted by atomic mass is 16.5. The summed E-state index contributed by atoms with van der Waals surface area (Å²) in [5.41, 5.74) is 0.251. The van der Waals surface area contributed by atoms with E-state index in [9.17, 15) is 14.7 Å². The molecular formula is C9H15NO5. The molecule has 0 aromatic carbocycles. The molecule has 0 bridgehead atoms. The zero-order chi connectivity index (χ0) is 11.8. The molecule has 0 saturated heterocycles. The van der Waals surface area contributed by atoms with Gasteiger partial charge in [-0.05, 0) is 6.92 Å². The van der Waals surface area contributed by atoms with Crippen LogP contribution in [0.1, 0.15) is 6.92 Å². The lowest BCUT2D eigenvalue weighted by Crippen LogP contribution is -2.34. The largest absolute Gasteiger partial charge is 0.480 e. The fraction of sp³-hybridized carbons (Fsp3) is 0.556. The summed E-state index contributed by atoms with van der Waals surface area (Å²) >= 11 is 0. The number of aliphatic carboxylic acids is 1. The normalized spacial score (nSPS) is 11.9. The quantitative estimate of drug-likeness (QED) is 0.379. The number of nitrogens with one attached hydrogen (secondary N) is 1. The summed E-state index contributed by atoms with van der Waals surface area (Å²) in [6.07, 6.45) is -0.923. The molecule has 0 fully saturated rings. The van der Waals surface area contributed by atoms with E-state index in [0.29, 0.717) is 0 Å². The molecule has 0 radical (unpaired) electrons. The Morgan fingerprint density at radius 3 is 2.60 bits per heavy atom. The second-order valence-electron chi connectivity index (χ2n) is 3.06. The summed E-state index contributed by atoms with van der Waals surface area (Å²) in [6.45, 7) is 4.49. The molecule has 0 spiro atoms. The van der Waals surface area contributed by atoms with Crippen LogP contribution >= 0.6 is 0 Å². The second kappa shape index (κ2) is 6.97. The van der Waals surface area contributed by atoms with Crippen molar-refractivity contribution < 1.29 is 24.5 Å². The van der Waals surface area contributed by atoms with Crippen LogP contribution in [-0.2, 0) is 14.3 Å². The highest BCUT2D eigenvalue weighted by molar-refractivity contribution is 5.86. The average molecular weight is 217 g/mol. The van der Waals surface area contributed by atoms with Gasteiger partial charge < -0.3 is 20.3 Å². The Hall–Kier alpha value is -1.40. The average Bonchev–Trinajstić information content (AvgIpc) is 2.13. The Balaban J connectivity index is 3.57. The van der Waals surface area contributed by atoms with Crippen molar-refractivity contribution in [2.24, 2.45) is 0 Å². The number of aliphatic hydroxyl groups is 1. The molecule has 15 heavy (non-hydrogen) atoms. The third-order valence-corrected chi connectivity index (χ3v) is 1.41. The highest BCUT2D eigenvalue weighted by Gasteiger charge is 2.09. The van der Waals surface area contributed by atoms with Crippen LogP contribution < -0.4 is 5.32 Å². The summed E-state index contributed by atoms with van der Waals surface area (Å²) in [7, 11) is 0. The number of hydrogen-bond donors (Lipinski definition) is 3. The van der Waals surface area contributed by atoms with Crippen LogP contribution in [0.3, 0.4) is 0 Å². The van der Waals surface area contributed by atoms with Crippen LogP contribution in [0.2, 0.25) is 0 Å². The molecular weight excluding hydrogens is 202 g/mol. The van der Waals surface area contributed by atoms with Gasteiger partial charge in [0, 0.05) is 12.1 Å². The zero-order valence-electron chi connectivity index (χ0n) is 8.52. The molecule has 0 heterocycles. The predicted octanol–water partition coefficient (Wildman–Crippen LogP) is -0.859. The van der Waals surface area contributed by atoms with Crippen LogP contribution in [0, 0.1) is 0 Å². The molecule has 3 N–H and O–H groups in total. The lowest BCUT2D eigenvalue weighted by molar-refractivity contribution is -0.142. The first-order chi connectivity index (χ1) is 6.93. The van der Waals surface area contributed by atoms with Gasteiger partial charge in [-0.15, -0.1) is 0 Å². The molecule has 0 aromatic heterocycles. The molecule has 1 unspecified atom stereocenters. The molecule has 6 nitrogen and oxygen atoms in total. The number of hydrogen-bond acceptors (Lipinski definition) is 5. The van der Waals surface area contributed by atoms with Gasteiger partial charge in [0.15, 0.2) is 0 Å². The smallest absolute Gasteiger partial charge is 0.333 e. The second-order valence-corrected chi connectivity index (χ2v) is 3.06. The van der Waals surface area contributed by atoms with E-state index >= 15 is 0 Å². The topological polar surface area (TPSA) is 95.9 Å². The van der Waals surface area contributed by atoms with Crippen molar-refractivity contribution in [2.45, 2.75) is 13.0 Å². The van der Waals surface area contributed by atoms with Gasteiger partial charge >= 0.3 is 11.9 Å². The van der Waals surface area contributed by atoms with Crippen molar-refractivity contribution in [1.82, 2.24) is 5.32 Å². The predicted molar refractivity (Wildman–Crippen MR) is 52.3 cm³/mol. The molecule has 0 rings (SSSR count). The van der Waals surface area contributed by atoms with Crippen molar-refractivity contribution >= 4 is 11.9 Å². The number of carbonyl (C=O) groups is 2. The van der Waals surface area contributed by atoms with E-state index in [2.05, 4.69) is 16.6 Å². The van der Waals surface area contributed by atoms with Gasteiger partial charge in [-0.1, -0.05) is 6.58 Å². The first kappa shape index (κ1) is 13.6. The summed E-state index contributed by atoms with van der Waals surface area (Å²) in [5, 5.41) is 20.0. The number of carbonyl (C=O) groups excluding carboxylic acids is 1. The van der Waals surface area contributed by atoms with E-state index in [1.807, 2.05) is 0 Å². The number of esters is 1. The number of ether oxygens (including phenoxy) is 1. The molecule has 0 saturated carbocycles. The fourth-order valence-corrected chi connectivity index (χ4v) is 0.700. The van der Waals surface area contributed by atoms with E-state index in [4.69, 9.17) is 5.11 Å². The molecule has 86 valence electrons. The van der Waals surface area contributed by atoms with Crippen molar-refractivity contribution in [1.29, 1.82) is 0 Å². The van der Waals surface area contributed by atoms with Crippen LogP contribution in [0.4, 0.5) is 0 Å². The molecule has 6 heteroatoms. The van der Waals surface area contributed by atoms with Crippen LogP contribution in [0.5, 0.6) is 0 Å². The minimum Gasteiger partial charge on any atom is -0.480 e. The number of carboxylic acids is 1. The van der Waals surface area contributed by atoms with Gasteiger partial charge in [0.05, 0.1) is 6.54 Å². The summed E-state index contributed by atoms with van der Waals surface area (Å²) in [5.74, 6) is -1.59. The van der Waals surface area contributed by atoms with Crippen molar-refractivity contribution in [3.05, 3.63) is 12.2 Å². The highest BCUT2D eigenvalue weighted by Crippen LogP contribution is 1.93. The molecule has 1 atom stereocenters. The SMILES string of the molecule is C=C(C)C(=O)OCC(O)CNCC(=O)O. The van der Waals surface area contributed by atoms with Crippen molar-refractivity contribution in [3.63, 3.8) is 0 Å². The maximum atomic E-state index is 10.9. The third-order valence-electron chi connectivity index (χ3n) is 1.41. The first-order valence-corrected chi connectivity index (χ1v) is 4.36. The van der Waals surface area contributed by atoms with E-state index in [1.165, 1.54) is 6.92 Å². The summed E-state index contributed by atoms with van der Waals surface area (Å²) in [6, 6.07) is 0. The standard InChI is InChI=1S/C9H15NO5/c1-6(2)9(14)15-5-7(11)3-10-4-8(12)13/h7,10-11H,1,3-5H2,2H3,(H,12,13). The maximum absolute atomic E-state index is 10.9.